The predicted octanol–water partition coefficient (Wildman–Crippen LogP) is 1.68. The lowest BCUT2D eigenvalue weighted by Gasteiger charge is -2.30. The molecular weight excluding hydrogens is 316 g/mol. The summed E-state index contributed by atoms with van der Waals surface area (Å²) >= 11 is 0. The van der Waals surface area contributed by atoms with Crippen molar-refractivity contribution in [2.24, 2.45) is 0 Å². The zero-order chi connectivity index (χ0) is 18.1. The third kappa shape index (κ3) is 6.09. The average Bonchev–Trinajstić information content (AvgIpc) is 2.64. The monoisotopic (exact) mass is 347 g/mol. The van der Waals surface area contributed by atoms with Gasteiger partial charge in [0, 0.05) is 30.7 Å². The number of methoxy groups -OCH3 is 2. The first-order valence-corrected chi connectivity index (χ1v) is 9.16. The van der Waals surface area contributed by atoms with Gasteiger partial charge in [0.15, 0.2) is 0 Å². The standard InChI is InChI=1S/C20H30N2O3/c1-16-7-4-5-13-22(16)14-6-12-21-20(23)11-9-17-8-10-18(24-2)15-19(17)25-3/h8-11,15-16H,4-7,12-14H2,1-3H3,(H,21,23)/p+1/b11-9+/t16-/m1/s1. The minimum absolute atomic E-state index is 0.0698. The van der Waals surface area contributed by atoms with Gasteiger partial charge in [0.05, 0.1) is 33.4 Å². The lowest BCUT2D eigenvalue weighted by molar-refractivity contribution is -0.928. The topological polar surface area (TPSA) is 52.0 Å². The highest BCUT2D eigenvalue weighted by atomic mass is 16.5. The van der Waals surface area contributed by atoms with Gasteiger partial charge in [0.2, 0.25) is 5.91 Å². The highest BCUT2D eigenvalue weighted by molar-refractivity contribution is 5.92. The summed E-state index contributed by atoms with van der Waals surface area (Å²) in [5.41, 5.74) is 0.852. The Labute approximate surface area is 151 Å². The second-order valence-corrected chi connectivity index (χ2v) is 6.64. The van der Waals surface area contributed by atoms with Crippen LogP contribution in [0.5, 0.6) is 11.5 Å². The Morgan fingerprint density at radius 3 is 2.88 bits per heavy atom. The fraction of sp³-hybridized carbons (Fsp3) is 0.550. The molecule has 1 unspecified atom stereocenters. The SMILES string of the molecule is COc1ccc(/C=C/C(=O)NCCC[NH+]2CCCC[C@H]2C)c(OC)c1. The number of rotatable bonds is 8. The molecule has 1 amide bonds. The Hall–Kier alpha value is -2.01. The van der Waals surface area contributed by atoms with Crippen molar-refractivity contribution < 1.29 is 19.2 Å². The van der Waals surface area contributed by atoms with E-state index < -0.39 is 0 Å². The first-order chi connectivity index (χ1) is 12.1. The maximum absolute atomic E-state index is 12.0. The lowest BCUT2D eigenvalue weighted by Crippen LogP contribution is -3.16. The lowest BCUT2D eigenvalue weighted by atomic mass is 10.0. The zero-order valence-corrected chi connectivity index (χ0v) is 15.6. The Balaban J connectivity index is 1.75. The number of amides is 1. The molecule has 0 spiro atoms. The molecule has 2 N–H and O–H groups in total. The van der Waals surface area contributed by atoms with Crippen LogP contribution in [0.25, 0.3) is 6.08 Å². The summed E-state index contributed by atoms with van der Waals surface area (Å²) in [5.74, 6) is 1.35. The molecule has 5 nitrogen and oxygen atoms in total. The number of carbonyl (C=O) groups excluding carboxylic acids is 1. The van der Waals surface area contributed by atoms with E-state index in [4.69, 9.17) is 9.47 Å². The average molecular weight is 347 g/mol. The predicted molar refractivity (Wildman–Crippen MR) is 100 cm³/mol. The molecule has 1 aliphatic heterocycles. The fourth-order valence-electron chi connectivity index (χ4n) is 3.33. The van der Waals surface area contributed by atoms with Crippen LogP contribution >= 0.6 is 0 Å². The van der Waals surface area contributed by atoms with Gasteiger partial charge in [-0.2, -0.15) is 0 Å². The van der Waals surface area contributed by atoms with Crippen molar-refractivity contribution in [1.29, 1.82) is 0 Å². The highest BCUT2D eigenvalue weighted by Crippen LogP contribution is 2.25. The third-order valence-corrected chi connectivity index (χ3v) is 4.91. The van der Waals surface area contributed by atoms with E-state index in [1.807, 2.05) is 12.1 Å². The van der Waals surface area contributed by atoms with Crippen LogP contribution in [0.3, 0.4) is 0 Å². The maximum Gasteiger partial charge on any atom is 0.244 e. The summed E-state index contributed by atoms with van der Waals surface area (Å²) in [7, 11) is 3.22. The second-order valence-electron chi connectivity index (χ2n) is 6.64. The van der Waals surface area contributed by atoms with Gasteiger partial charge in [-0.15, -0.1) is 0 Å². The van der Waals surface area contributed by atoms with E-state index in [2.05, 4.69) is 12.2 Å². The molecule has 0 aliphatic carbocycles. The van der Waals surface area contributed by atoms with Crippen molar-refractivity contribution in [1.82, 2.24) is 5.32 Å². The van der Waals surface area contributed by atoms with Gasteiger partial charge in [-0.3, -0.25) is 4.79 Å². The first-order valence-electron chi connectivity index (χ1n) is 9.16. The largest absolute Gasteiger partial charge is 0.497 e. The van der Waals surface area contributed by atoms with Gasteiger partial charge in [0.1, 0.15) is 11.5 Å². The Morgan fingerprint density at radius 1 is 1.32 bits per heavy atom. The zero-order valence-electron chi connectivity index (χ0n) is 15.6. The van der Waals surface area contributed by atoms with Gasteiger partial charge in [-0.05, 0) is 44.4 Å². The third-order valence-electron chi connectivity index (χ3n) is 4.91. The van der Waals surface area contributed by atoms with Gasteiger partial charge in [0.25, 0.3) is 0 Å². The van der Waals surface area contributed by atoms with Crippen LogP contribution in [0, 0.1) is 0 Å². The molecule has 25 heavy (non-hydrogen) atoms. The van der Waals surface area contributed by atoms with E-state index >= 15 is 0 Å². The van der Waals surface area contributed by atoms with Crippen molar-refractivity contribution >= 4 is 12.0 Å². The summed E-state index contributed by atoms with van der Waals surface area (Å²) in [6.45, 7) is 5.46. The number of quaternary nitrogens is 1. The molecule has 2 atom stereocenters. The number of piperidine rings is 1. The van der Waals surface area contributed by atoms with E-state index in [1.165, 1.54) is 25.8 Å². The first kappa shape index (κ1) is 19.3. The molecule has 1 fully saturated rings. The van der Waals surface area contributed by atoms with Crippen LogP contribution in [-0.2, 0) is 4.79 Å². The van der Waals surface area contributed by atoms with Gasteiger partial charge < -0.3 is 19.7 Å². The Kier molecular flexibility index (Phi) is 7.79. The van der Waals surface area contributed by atoms with Crippen molar-refractivity contribution in [3.63, 3.8) is 0 Å². The van der Waals surface area contributed by atoms with Crippen LogP contribution < -0.4 is 19.7 Å². The number of hydrogen-bond donors (Lipinski definition) is 2. The summed E-state index contributed by atoms with van der Waals surface area (Å²) < 4.78 is 10.5. The minimum atomic E-state index is -0.0698. The van der Waals surface area contributed by atoms with Crippen LogP contribution in [0.15, 0.2) is 24.3 Å². The number of hydrogen-bond acceptors (Lipinski definition) is 3. The summed E-state index contributed by atoms with van der Waals surface area (Å²) in [4.78, 5) is 13.7. The molecule has 2 rings (SSSR count). The summed E-state index contributed by atoms with van der Waals surface area (Å²) in [5, 5.41) is 2.96. The van der Waals surface area contributed by atoms with Crippen molar-refractivity contribution in [2.75, 3.05) is 33.9 Å². The quantitative estimate of drug-likeness (QED) is 0.556. The number of ether oxygens (including phenoxy) is 2. The van der Waals surface area contributed by atoms with E-state index in [9.17, 15) is 4.79 Å². The number of benzene rings is 1. The van der Waals surface area contributed by atoms with Crippen LogP contribution in [0.2, 0.25) is 0 Å². The Bertz CT molecular complexity index is 586. The van der Waals surface area contributed by atoms with Crippen molar-refractivity contribution in [3.8, 4) is 11.5 Å². The molecule has 1 aromatic carbocycles. The van der Waals surface area contributed by atoms with E-state index in [0.29, 0.717) is 5.75 Å². The molecule has 1 heterocycles. The summed E-state index contributed by atoms with van der Waals surface area (Å²) in [6, 6.07) is 6.29. The normalized spacial score (nSPS) is 20.4. The fourth-order valence-corrected chi connectivity index (χ4v) is 3.33. The molecule has 138 valence electrons. The molecule has 0 saturated carbocycles. The Morgan fingerprint density at radius 2 is 2.16 bits per heavy atom. The van der Waals surface area contributed by atoms with Crippen LogP contribution in [0.4, 0.5) is 0 Å². The molecule has 1 aliphatic rings. The summed E-state index contributed by atoms with van der Waals surface area (Å²) in [6.07, 6.45) is 8.37. The van der Waals surface area contributed by atoms with Gasteiger partial charge in [-0.25, -0.2) is 0 Å². The van der Waals surface area contributed by atoms with Crippen molar-refractivity contribution in [2.45, 2.75) is 38.6 Å². The molecule has 1 saturated heterocycles. The highest BCUT2D eigenvalue weighted by Gasteiger charge is 2.20. The van der Waals surface area contributed by atoms with Crippen LogP contribution in [0.1, 0.15) is 38.2 Å². The number of likely N-dealkylation sites (tertiary alicyclic amines) is 1. The molecular formula is C20H31N2O3+. The van der Waals surface area contributed by atoms with E-state index in [-0.39, 0.29) is 5.91 Å². The van der Waals surface area contributed by atoms with E-state index in [0.717, 1.165) is 36.9 Å². The molecule has 0 radical (unpaired) electrons. The van der Waals surface area contributed by atoms with Gasteiger partial charge >= 0.3 is 0 Å². The minimum Gasteiger partial charge on any atom is -0.497 e. The maximum atomic E-state index is 12.0. The van der Waals surface area contributed by atoms with Crippen molar-refractivity contribution in [3.05, 3.63) is 29.8 Å². The molecule has 0 aromatic heterocycles. The molecule has 5 heteroatoms. The number of nitrogens with one attached hydrogen (secondary N) is 2. The smallest absolute Gasteiger partial charge is 0.244 e. The molecule has 0 bridgehead atoms. The second kappa shape index (κ2) is 10.1. The molecule has 1 aromatic rings. The van der Waals surface area contributed by atoms with E-state index in [1.54, 1.807) is 37.3 Å². The van der Waals surface area contributed by atoms with Crippen LogP contribution in [-0.4, -0.2) is 45.8 Å². The van der Waals surface area contributed by atoms with Gasteiger partial charge in [-0.1, -0.05) is 0 Å². The number of carbonyl (C=O) groups is 1.